The highest BCUT2D eigenvalue weighted by molar-refractivity contribution is 5.69. The molecule has 0 saturated heterocycles. The van der Waals surface area contributed by atoms with Crippen molar-refractivity contribution in [2.75, 3.05) is 0 Å². The third kappa shape index (κ3) is 2.38. The highest BCUT2D eigenvalue weighted by atomic mass is 14.3. The molecule has 0 unspecified atom stereocenters. The van der Waals surface area contributed by atoms with Gasteiger partial charge in [0.25, 0.3) is 0 Å². The van der Waals surface area contributed by atoms with Crippen LogP contribution in [-0.2, 0) is 6.42 Å². The first-order valence-corrected chi connectivity index (χ1v) is 7.99. The van der Waals surface area contributed by atoms with Gasteiger partial charge in [0.05, 0.1) is 0 Å². The van der Waals surface area contributed by atoms with Crippen molar-refractivity contribution in [1.29, 1.82) is 0 Å². The largest absolute Gasteiger partial charge is 0.0626 e. The van der Waals surface area contributed by atoms with Crippen LogP contribution in [0.25, 0.3) is 6.08 Å². The predicted octanol–water partition coefficient (Wildman–Crippen LogP) is 5.64. The van der Waals surface area contributed by atoms with E-state index in [1.165, 1.54) is 44.1 Å². The van der Waals surface area contributed by atoms with E-state index < -0.39 is 0 Å². The molecule has 0 aliphatic heterocycles. The molecule has 0 radical (unpaired) electrons. The number of aryl methyl sites for hydroxylation is 1. The Morgan fingerprint density at radius 2 is 1.79 bits per heavy atom. The normalized spacial score (nSPS) is 19.7. The SMILES string of the molecule is Cc1ccc(C2CCCCC2)c2c1CC(C(C)C)=C2. The van der Waals surface area contributed by atoms with Crippen molar-refractivity contribution in [3.8, 4) is 0 Å². The topological polar surface area (TPSA) is 0 Å². The number of fused-ring (bicyclic) bond motifs is 1. The Morgan fingerprint density at radius 1 is 1.05 bits per heavy atom. The molecule has 0 amide bonds. The number of rotatable bonds is 2. The zero-order valence-electron chi connectivity index (χ0n) is 12.6. The van der Waals surface area contributed by atoms with E-state index in [2.05, 4.69) is 39.0 Å². The molecule has 1 fully saturated rings. The second-order valence-electron chi connectivity index (χ2n) is 6.75. The minimum atomic E-state index is 0.686. The minimum absolute atomic E-state index is 0.686. The summed E-state index contributed by atoms with van der Waals surface area (Å²) in [7, 11) is 0. The van der Waals surface area contributed by atoms with E-state index >= 15 is 0 Å². The lowest BCUT2D eigenvalue weighted by atomic mass is 9.81. The van der Waals surface area contributed by atoms with E-state index in [-0.39, 0.29) is 0 Å². The fraction of sp³-hybridized carbons (Fsp3) is 0.579. The maximum atomic E-state index is 2.51. The van der Waals surface area contributed by atoms with E-state index in [1.54, 1.807) is 22.3 Å². The Labute approximate surface area is 117 Å². The van der Waals surface area contributed by atoms with Crippen LogP contribution in [-0.4, -0.2) is 0 Å². The summed E-state index contributed by atoms with van der Waals surface area (Å²) in [6.07, 6.45) is 10.8. The number of allylic oxidation sites excluding steroid dienone is 1. The lowest BCUT2D eigenvalue weighted by Gasteiger charge is -2.24. The van der Waals surface area contributed by atoms with Crippen LogP contribution < -0.4 is 0 Å². The maximum absolute atomic E-state index is 2.51. The molecule has 0 spiro atoms. The van der Waals surface area contributed by atoms with Crippen LogP contribution in [0.2, 0.25) is 0 Å². The van der Waals surface area contributed by atoms with E-state index in [0.717, 1.165) is 5.92 Å². The minimum Gasteiger partial charge on any atom is -0.0626 e. The molecule has 1 saturated carbocycles. The maximum Gasteiger partial charge on any atom is -0.00525 e. The lowest BCUT2D eigenvalue weighted by molar-refractivity contribution is 0.443. The second kappa shape index (κ2) is 5.15. The van der Waals surface area contributed by atoms with Crippen molar-refractivity contribution >= 4 is 6.08 Å². The predicted molar refractivity (Wildman–Crippen MR) is 83.5 cm³/mol. The van der Waals surface area contributed by atoms with Gasteiger partial charge >= 0.3 is 0 Å². The summed E-state index contributed by atoms with van der Waals surface area (Å²) < 4.78 is 0. The van der Waals surface area contributed by atoms with Gasteiger partial charge in [-0.25, -0.2) is 0 Å². The monoisotopic (exact) mass is 254 g/mol. The van der Waals surface area contributed by atoms with Gasteiger partial charge in [0.2, 0.25) is 0 Å². The second-order valence-corrected chi connectivity index (χ2v) is 6.75. The quantitative estimate of drug-likeness (QED) is 0.641. The Hall–Kier alpha value is -1.04. The van der Waals surface area contributed by atoms with E-state index in [1.807, 2.05) is 0 Å². The molecule has 19 heavy (non-hydrogen) atoms. The van der Waals surface area contributed by atoms with Gasteiger partial charge in [-0.3, -0.25) is 0 Å². The van der Waals surface area contributed by atoms with Crippen molar-refractivity contribution in [3.05, 3.63) is 40.0 Å². The molecular formula is C19H26. The van der Waals surface area contributed by atoms with Crippen LogP contribution in [0.1, 0.15) is 74.1 Å². The molecule has 0 nitrogen and oxygen atoms in total. The fourth-order valence-corrected chi connectivity index (χ4v) is 3.78. The van der Waals surface area contributed by atoms with E-state index in [9.17, 15) is 0 Å². The van der Waals surface area contributed by atoms with Crippen molar-refractivity contribution in [1.82, 2.24) is 0 Å². The van der Waals surface area contributed by atoms with Crippen molar-refractivity contribution in [3.63, 3.8) is 0 Å². The summed E-state index contributed by atoms with van der Waals surface area (Å²) in [5, 5.41) is 0. The van der Waals surface area contributed by atoms with E-state index in [4.69, 9.17) is 0 Å². The van der Waals surface area contributed by atoms with Crippen LogP contribution in [0.4, 0.5) is 0 Å². The van der Waals surface area contributed by atoms with Crippen LogP contribution in [0.15, 0.2) is 17.7 Å². The lowest BCUT2D eigenvalue weighted by Crippen LogP contribution is -2.07. The fourth-order valence-electron chi connectivity index (χ4n) is 3.78. The van der Waals surface area contributed by atoms with Gasteiger partial charge in [-0.15, -0.1) is 0 Å². The number of hydrogen-bond acceptors (Lipinski definition) is 0. The van der Waals surface area contributed by atoms with Crippen LogP contribution >= 0.6 is 0 Å². The smallest absolute Gasteiger partial charge is 0.00525 e. The molecule has 3 rings (SSSR count). The summed E-state index contributed by atoms with van der Waals surface area (Å²) >= 11 is 0. The molecule has 1 aromatic rings. The van der Waals surface area contributed by atoms with Gasteiger partial charge in [0.15, 0.2) is 0 Å². The molecule has 0 heteroatoms. The standard InChI is InChI=1S/C19H26/c1-13(2)16-11-18-14(3)9-10-17(19(18)12-16)15-7-5-4-6-8-15/h9-10,12-13,15H,4-8,11H2,1-3H3. The van der Waals surface area contributed by atoms with Gasteiger partial charge in [-0.2, -0.15) is 0 Å². The summed E-state index contributed by atoms with van der Waals surface area (Å²) in [6.45, 7) is 6.93. The molecule has 102 valence electrons. The zero-order chi connectivity index (χ0) is 13.4. The molecule has 1 aromatic carbocycles. The van der Waals surface area contributed by atoms with Crippen molar-refractivity contribution < 1.29 is 0 Å². The van der Waals surface area contributed by atoms with Gasteiger partial charge in [-0.05, 0) is 60.3 Å². The van der Waals surface area contributed by atoms with Crippen LogP contribution in [0, 0.1) is 12.8 Å². The average molecular weight is 254 g/mol. The Kier molecular flexibility index (Phi) is 3.52. The Balaban J connectivity index is 2.00. The van der Waals surface area contributed by atoms with E-state index in [0.29, 0.717) is 5.92 Å². The van der Waals surface area contributed by atoms with Gasteiger partial charge in [0, 0.05) is 0 Å². The molecule has 0 heterocycles. The summed E-state index contributed by atoms with van der Waals surface area (Å²) in [5.41, 5.74) is 7.97. The zero-order valence-corrected chi connectivity index (χ0v) is 12.6. The van der Waals surface area contributed by atoms with Gasteiger partial charge in [0.1, 0.15) is 0 Å². The summed E-state index contributed by atoms with van der Waals surface area (Å²) in [4.78, 5) is 0. The third-order valence-electron chi connectivity index (χ3n) is 5.12. The average Bonchev–Trinajstić information content (AvgIpc) is 2.86. The molecular weight excluding hydrogens is 228 g/mol. The highest BCUT2D eigenvalue weighted by Crippen LogP contribution is 2.40. The highest BCUT2D eigenvalue weighted by Gasteiger charge is 2.24. The van der Waals surface area contributed by atoms with Gasteiger partial charge in [-0.1, -0.05) is 56.9 Å². The first kappa shape index (κ1) is 13.0. The van der Waals surface area contributed by atoms with Crippen molar-refractivity contribution in [2.45, 2.75) is 65.2 Å². The third-order valence-corrected chi connectivity index (χ3v) is 5.12. The van der Waals surface area contributed by atoms with Crippen LogP contribution in [0.5, 0.6) is 0 Å². The first-order chi connectivity index (χ1) is 9.16. The molecule has 0 aromatic heterocycles. The number of hydrogen-bond donors (Lipinski definition) is 0. The summed E-state index contributed by atoms with van der Waals surface area (Å²) in [6, 6.07) is 4.78. The van der Waals surface area contributed by atoms with Crippen LogP contribution in [0.3, 0.4) is 0 Å². The molecule has 2 aliphatic carbocycles. The summed E-state index contributed by atoms with van der Waals surface area (Å²) in [5.74, 6) is 1.51. The molecule has 2 aliphatic rings. The Bertz CT molecular complexity index is 499. The molecule has 0 N–H and O–H groups in total. The van der Waals surface area contributed by atoms with Crippen molar-refractivity contribution in [2.24, 2.45) is 5.92 Å². The first-order valence-electron chi connectivity index (χ1n) is 7.99. The molecule has 0 atom stereocenters. The molecule has 0 bridgehead atoms. The Morgan fingerprint density at radius 3 is 2.47 bits per heavy atom. The van der Waals surface area contributed by atoms with Gasteiger partial charge < -0.3 is 0 Å². The number of benzene rings is 1.